The van der Waals surface area contributed by atoms with E-state index in [9.17, 15) is 14.7 Å². The van der Waals surface area contributed by atoms with Crippen LogP contribution in [0.3, 0.4) is 0 Å². The summed E-state index contributed by atoms with van der Waals surface area (Å²) in [5.41, 5.74) is -0.636. The molecule has 0 radical (unpaired) electrons. The predicted octanol–water partition coefficient (Wildman–Crippen LogP) is -0.985. The lowest BCUT2D eigenvalue weighted by Crippen LogP contribution is -2.47. The van der Waals surface area contributed by atoms with Gasteiger partial charge in [-0.05, 0) is 13.3 Å². The van der Waals surface area contributed by atoms with Crippen LogP contribution < -0.4 is 10.6 Å². The van der Waals surface area contributed by atoms with Crippen LogP contribution in [0.15, 0.2) is 0 Å². The Kier molecular flexibility index (Phi) is 7.74. The summed E-state index contributed by atoms with van der Waals surface area (Å²) in [5, 5.41) is 15.0. The molecule has 1 aliphatic rings. The molecule has 2 unspecified atom stereocenters. The molecule has 0 bridgehead atoms. The van der Waals surface area contributed by atoms with Gasteiger partial charge in [0, 0.05) is 20.2 Å². The van der Waals surface area contributed by atoms with Gasteiger partial charge in [0.2, 0.25) is 12.2 Å². The SMILES string of the molecule is CCC(C)(COC)C(=O)NCC(O)CNC(=O)C1OCCO1. The summed E-state index contributed by atoms with van der Waals surface area (Å²) in [6.07, 6.45) is -1.18. The fourth-order valence-electron chi connectivity index (χ4n) is 1.95. The highest BCUT2D eigenvalue weighted by atomic mass is 16.7. The third-order valence-electron chi connectivity index (χ3n) is 3.64. The van der Waals surface area contributed by atoms with Gasteiger partial charge in [0.25, 0.3) is 5.91 Å². The molecule has 128 valence electrons. The first-order chi connectivity index (χ1) is 10.4. The number of ether oxygens (including phenoxy) is 3. The Hall–Kier alpha value is -1.22. The number of aliphatic hydroxyl groups is 1. The molecule has 2 atom stereocenters. The van der Waals surface area contributed by atoms with E-state index in [1.165, 1.54) is 0 Å². The Balaban J connectivity index is 2.28. The van der Waals surface area contributed by atoms with Crippen LogP contribution in [0.5, 0.6) is 0 Å². The zero-order valence-corrected chi connectivity index (χ0v) is 13.4. The van der Waals surface area contributed by atoms with E-state index in [1.54, 1.807) is 14.0 Å². The Morgan fingerprint density at radius 1 is 1.32 bits per heavy atom. The molecular formula is C14H26N2O6. The molecule has 0 aliphatic carbocycles. The monoisotopic (exact) mass is 318 g/mol. The van der Waals surface area contributed by atoms with Crippen molar-refractivity contribution in [2.75, 3.05) is 40.0 Å². The average molecular weight is 318 g/mol. The molecule has 1 rings (SSSR count). The maximum absolute atomic E-state index is 12.1. The van der Waals surface area contributed by atoms with Gasteiger partial charge in [-0.15, -0.1) is 0 Å². The molecule has 0 aromatic carbocycles. The third-order valence-corrected chi connectivity index (χ3v) is 3.64. The third kappa shape index (κ3) is 5.53. The summed E-state index contributed by atoms with van der Waals surface area (Å²) >= 11 is 0. The van der Waals surface area contributed by atoms with Gasteiger partial charge < -0.3 is 30.0 Å². The van der Waals surface area contributed by atoms with Crippen LogP contribution in [0.4, 0.5) is 0 Å². The van der Waals surface area contributed by atoms with Crippen LogP contribution in [-0.4, -0.2) is 69.3 Å². The molecule has 0 spiro atoms. The summed E-state index contributed by atoms with van der Waals surface area (Å²) in [6, 6.07) is 0. The molecule has 0 saturated carbocycles. The molecule has 0 aromatic heterocycles. The maximum atomic E-state index is 12.1. The highest BCUT2D eigenvalue weighted by Crippen LogP contribution is 2.21. The summed E-state index contributed by atoms with van der Waals surface area (Å²) in [4.78, 5) is 23.7. The molecule has 1 aliphatic heterocycles. The Morgan fingerprint density at radius 2 is 1.91 bits per heavy atom. The average Bonchev–Trinajstić information content (AvgIpc) is 3.04. The van der Waals surface area contributed by atoms with E-state index in [0.717, 1.165) is 0 Å². The zero-order chi connectivity index (χ0) is 16.6. The normalized spacial score (nSPS) is 19.5. The topological polar surface area (TPSA) is 106 Å². The number of hydrogen-bond donors (Lipinski definition) is 3. The smallest absolute Gasteiger partial charge is 0.277 e. The Morgan fingerprint density at radius 3 is 2.45 bits per heavy atom. The van der Waals surface area contributed by atoms with E-state index in [1.807, 2.05) is 6.92 Å². The highest BCUT2D eigenvalue weighted by molar-refractivity contribution is 5.82. The van der Waals surface area contributed by atoms with Gasteiger partial charge in [0.05, 0.1) is 31.3 Å². The minimum atomic E-state index is -0.910. The molecule has 0 aromatic rings. The van der Waals surface area contributed by atoms with E-state index >= 15 is 0 Å². The van der Waals surface area contributed by atoms with Crippen molar-refractivity contribution in [2.45, 2.75) is 32.7 Å². The summed E-state index contributed by atoms with van der Waals surface area (Å²) in [6.45, 7) is 4.82. The van der Waals surface area contributed by atoms with Gasteiger partial charge in [0.1, 0.15) is 0 Å². The lowest BCUT2D eigenvalue weighted by Gasteiger charge is -2.26. The van der Waals surface area contributed by atoms with E-state index in [4.69, 9.17) is 14.2 Å². The number of rotatable bonds is 9. The lowest BCUT2D eigenvalue weighted by atomic mass is 9.87. The first-order valence-electron chi connectivity index (χ1n) is 7.39. The van der Waals surface area contributed by atoms with Gasteiger partial charge in [-0.2, -0.15) is 0 Å². The van der Waals surface area contributed by atoms with Gasteiger partial charge in [0.15, 0.2) is 0 Å². The number of aliphatic hydroxyl groups excluding tert-OH is 1. The fourth-order valence-corrected chi connectivity index (χ4v) is 1.95. The van der Waals surface area contributed by atoms with Crippen LogP contribution >= 0.6 is 0 Å². The van der Waals surface area contributed by atoms with E-state index in [-0.39, 0.29) is 19.0 Å². The Labute approximate surface area is 130 Å². The lowest BCUT2D eigenvalue weighted by molar-refractivity contribution is -0.147. The molecule has 1 heterocycles. The second-order valence-corrected chi connectivity index (χ2v) is 5.53. The second kappa shape index (κ2) is 9.04. The van der Waals surface area contributed by atoms with Crippen molar-refractivity contribution in [3.05, 3.63) is 0 Å². The number of hydrogen-bond acceptors (Lipinski definition) is 6. The van der Waals surface area contributed by atoms with Crippen molar-refractivity contribution < 1.29 is 28.9 Å². The van der Waals surface area contributed by atoms with Crippen LogP contribution in [0.2, 0.25) is 0 Å². The Bertz CT molecular complexity index is 372. The van der Waals surface area contributed by atoms with E-state index in [0.29, 0.717) is 26.2 Å². The van der Waals surface area contributed by atoms with Crippen LogP contribution in [0.1, 0.15) is 20.3 Å². The molecule has 1 saturated heterocycles. The largest absolute Gasteiger partial charge is 0.389 e. The molecule has 22 heavy (non-hydrogen) atoms. The van der Waals surface area contributed by atoms with Crippen molar-refractivity contribution in [2.24, 2.45) is 5.41 Å². The first kappa shape index (κ1) is 18.8. The van der Waals surface area contributed by atoms with Crippen molar-refractivity contribution in [1.29, 1.82) is 0 Å². The quantitative estimate of drug-likeness (QED) is 0.504. The standard InChI is InChI=1S/C14H26N2O6/c1-4-14(2,9-20-3)13(19)16-8-10(17)7-15-11(18)12-21-5-6-22-12/h10,12,17H,4-9H2,1-3H3,(H,15,18)(H,16,19). The second-order valence-electron chi connectivity index (χ2n) is 5.53. The van der Waals surface area contributed by atoms with Crippen LogP contribution in [0.25, 0.3) is 0 Å². The predicted molar refractivity (Wildman–Crippen MR) is 78.0 cm³/mol. The fraction of sp³-hybridized carbons (Fsp3) is 0.857. The molecule has 2 amide bonds. The van der Waals surface area contributed by atoms with Gasteiger partial charge in [-0.25, -0.2) is 0 Å². The minimum Gasteiger partial charge on any atom is -0.389 e. The molecule has 8 heteroatoms. The van der Waals surface area contributed by atoms with Crippen molar-refractivity contribution >= 4 is 11.8 Å². The number of carbonyl (C=O) groups is 2. The number of nitrogens with one attached hydrogen (secondary N) is 2. The summed E-state index contributed by atoms with van der Waals surface area (Å²) in [7, 11) is 1.54. The highest BCUT2D eigenvalue weighted by Gasteiger charge is 2.31. The van der Waals surface area contributed by atoms with Gasteiger partial charge in [-0.3, -0.25) is 9.59 Å². The van der Waals surface area contributed by atoms with Crippen LogP contribution in [-0.2, 0) is 23.8 Å². The zero-order valence-electron chi connectivity index (χ0n) is 13.4. The first-order valence-corrected chi connectivity index (χ1v) is 7.39. The minimum absolute atomic E-state index is 0.00938. The number of methoxy groups -OCH3 is 1. The van der Waals surface area contributed by atoms with Crippen LogP contribution in [0, 0.1) is 5.41 Å². The molecule has 3 N–H and O–H groups in total. The van der Waals surface area contributed by atoms with E-state index in [2.05, 4.69) is 10.6 Å². The van der Waals surface area contributed by atoms with Gasteiger partial charge in [-0.1, -0.05) is 6.92 Å². The van der Waals surface area contributed by atoms with E-state index < -0.39 is 23.7 Å². The van der Waals surface area contributed by atoms with Crippen molar-refractivity contribution in [1.82, 2.24) is 10.6 Å². The number of amides is 2. The summed E-state index contributed by atoms with van der Waals surface area (Å²) < 4.78 is 15.1. The number of carbonyl (C=O) groups excluding carboxylic acids is 2. The summed E-state index contributed by atoms with van der Waals surface area (Å²) in [5.74, 6) is -0.620. The van der Waals surface area contributed by atoms with Gasteiger partial charge >= 0.3 is 0 Å². The van der Waals surface area contributed by atoms with Crippen molar-refractivity contribution in [3.63, 3.8) is 0 Å². The maximum Gasteiger partial charge on any atom is 0.277 e. The molecule has 8 nitrogen and oxygen atoms in total. The molecule has 1 fully saturated rings. The van der Waals surface area contributed by atoms with Crippen molar-refractivity contribution in [3.8, 4) is 0 Å². The molecular weight excluding hydrogens is 292 g/mol.